The number of Topliss-reactive ketones (excluding diaryl/α,β-unsaturated/α-hetero) is 1. The van der Waals surface area contributed by atoms with Gasteiger partial charge in [0, 0.05) is 59.4 Å². The zero-order valence-electron chi connectivity index (χ0n) is 28.6. The van der Waals surface area contributed by atoms with E-state index < -0.39 is 35.4 Å². The Morgan fingerprint density at radius 3 is 2.02 bits per heavy atom. The first-order chi connectivity index (χ1) is 24.6. The first kappa shape index (κ1) is 36.6. The van der Waals surface area contributed by atoms with Crippen LogP contribution in [0.5, 0.6) is 0 Å². The SMILES string of the molecule is CC(C)(C)c1ccc(C(=O)C[C@@H](Cc2ccc(-c3ncc(-c4ccc(-c5ccc(C(F)(F)F)cc5)cc4F)cn3)cc2)C(=O)N2CC(C(=O)O)C2)s1. The minimum absolute atomic E-state index is 0.00856. The van der Waals surface area contributed by atoms with Crippen molar-refractivity contribution < 1.29 is 37.1 Å². The lowest BCUT2D eigenvalue weighted by molar-refractivity contribution is -0.154. The molecule has 12 heteroatoms. The van der Waals surface area contributed by atoms with Crippen LogP contribution >= 0.6 is 11.3 Å². The van der Waals surface area contributed by atoms with Crippen LogP contribution in [0.2, 0.25) is 0 Å². The molecule has 6 rings (SSSR count). The highest BCUT2D eigenvalue weighted by Gasteiger charge is 2.39. The number of aliphatic carboxylic acids is 1. The van der Waals surface area contributed by atoms with E-state index in [0.29, 0.717) is 33.0 Å². The zero-order chi connectivity index (χ0) is 37.4. The molecule has 1 saturated heterocycles. The van der Waals surface area contributed by atoms with Gasteiger partial charge in [-0.15, -0.1) is 11.3 Å². The number of amides is 1. The van der Waals surface area contributed by atoms with Gasteiger partial charge in [-0.3, -0.25) is 14.4 Å². The molecular formula is C40H35F4N3O4S. The fraction of sp³-hybridized carbons (Fsp3) is 0.275. The van der Waals surface area contributed by atoms with E-state index in [1.807, 2.05) is 18.2 Å². The van der Waals surface area contributed by atoms with Gasteiger partial charge >= 0.3 is 12.1 Å². The van der Waals surface area contributed by atoms with Crippen molar-refractivity contribution in [3.8, 4) is 33.6 Å². The van der Waals surface area contributed by atoms with E-state index in [-0.39, 0.29) is 48.6 Å². The molecule has 0 unspecified atom stereocenters. The molecule has 52 heavy (non-hydrogen) atoms. The summed E-state index contributed by atoms with van der Waals surface area (Å²) in [5, 5.41) is 9.30. The number of carbonyl (C=O) groups is 3. The molecule has 1 atom stereocenters. The lowest BCUT2D eigenvalue weighted by Gasteiger charge is -2.38. The number of likely N-dealkylation sites (tertiary alicyclic amines) is 1. The molecule has 3 aromatic carbocycles. The van der Waals surface area contributed by atoms with Gasteiger partial charge in [-0.2, -0.15) is 13.2 Å². The van der Waals surface area contributed by atoms with E-state index in [9.17, 15) is 32.7 Å². The number of rotatable bonds is 10. The molecule has 0 bridgehead atoms. The molecule has 1 fully saturated rings. The number of thiophene rings is 1. The third-order valence-electron chi connectivity index (χ3n) is 9.12. The fourth-order valence-corrected chi connectivity index (χ4v) is 7.02. The molecule has 1 N–H and O–H groups in total. The number of ketones is 1. The van der Waals surface area contributed by atoms with Gasteiger partial charge in [0.25, 0.3) is 0 Å². The second-order valence-electron chi connectivity index (χ2n) is 14.0. The first-order valence-electron chi connectivity index (χ1n) is 16.6. The molecule has 1 amide bonds. The van der Waals surface area contributed by atoms with E-state index >= 15 is 4.39 Å². The summed E-state index contributed by atoms with van der Waals surface area (Å²) in [6.45, 7) is 6.44. The van der Waals surface area contributed by atoms with Crippen molar-refractivity contribution in [2.75, 3.05) is 13.1 Å². The molecule has 0 spiro atoms. The Balaban J connectivity index is 1.15. The Kier molecular flexibility index (Phi) is 10.1. The Morgan fingerprint density at radius 2 is 1.46 bits per heavy atom. The van der Waals surface area contributed by atoms with Crippen LogP contribution in [0, 0.1) is 17.7 Å². The van der Waals surface area contributed by atoms with Crippen molar-refractivity contribution in [1.82, 2.24) is 14.9 Å². The van der Waals surface area contributed by atoms with Crippen LogP contribution in [0.15, 0.2) is 91.3 Å². The minimum atomic E-state index is -4.46. The number of alkyl halides is 3. The largest absolute Gasteiger partial charge is 0.481 e. The normalized spacial score (nSPS) is 14.2. The van der Waals surface area contributed by atoms with Crippen molar-refractivity contribution in [2.24, 2.45) is 11.8 Å². The number of carboxylic acids is 1. The second-order valence-corrected chi connectivity index (χ2v) is 15.1. The lowest BCUT2D eigenvalue weighted by atomic mass is 9.89. The standard InChI is InChI=1S/C40H35F4N3O4S/c1-39(2,3)35-15-14-34(52-35)33(48)18-27(37(49)47-21-29(22-47)38(50)51)16-23-4-6-25(7-5-23)36-45-19-28(20-46-36)31-13-10-26(17-32(31)41)24-8-11-30(12-9-24)40(42,43)44/h4-15,17,19-20,27,29H,16,18,21-22H2,1-3H3,(H,50,51)/t27-/m1/s1. The van der Waals surface area contributed by atoms with Gasteiger partial charge in [0.1, 0.15) is 5.82 Å². The molecule has 0 radical (unpaired) electrons. The second kappa shape index (κ2) is 14.4. The molecule has 1 aliphatic heterocycles. The number of hydrogen-bond acceptors (Lipinski definition) is 6. The summed E-state index contributed by atoms with van der Waals surface area (Å²) in [5.41, 5.74) is 2.10. The van der Waals surface area contributed by atoms with E-state index in [1.165, 1.54) is 52.9 Å². The highest BCUT2D eigenvalue weighted by atomic mass is 32.1. The van der Waals surface area contributed by atoms with Crippen LogP contribution in [0.25, 0.3) is 33.6 Å². The fourth-order valence-electron chi connectivity index (χ4n) is 6.01. The monoisotopic (exact) mass is 729 g/mol. The van der Waals surface area contributed by atoms with Gasteiger partial charge in [-0.25, -0.2) is 14.4 Å². The van der Waals surface area contributed by atoms with Gasteiger partial charge in [0.15, 0.2) is 11.6 Å². The quantitative estimate of drug-likeness (QED) is 0.114. The molecule has 1 aliphatic rings. The molecule has 268 valence electrons. The average molecular weight is 730 g/mol. The molecule has 5 aromatic rings. The molecule has 3 heterocycles. The van der Waals surface area contributed by atoms with Gasteiger partial charge < -0.3 is 10.0 Å². The summed E-state index contributed by atoms with van der Waals surface area (Å²) in [5.74, 6) is -2.81. The van der Waals surface area contributed by atoms with Crippen molar-refractivity contribution in [2.45, 2.75) is 45.2 Å². The summed E-state index contributed by atoms with van der Waals surface area (Å²) in [4.78, 5) is 50.2. The van der Waals surface area contributed by atoms with Gasteiger partial charge in [0.05, 0.1) is 16.4 Å². The third-order valence-corrected chi connectivity index (χ3v) is 10.7. The van der Waals surface area contributed by atoms with Crippen molar-refractivity contribution >= 4 is 29.0 Å². The molecule has 0 saturated carbocycles. The summed E-state index contributed by atoms with van der Waals surface area (Å²) in [6, 6.07) is 19.9. The number of carbonyl (C=O) groups excluding carboxylic acids is 2. The summed E-state index contributed by atoms with van der Waals surface area (Å²) < 4.78 is 53.9. The highest BCUT2D eigenvalue weighted by Crippen LogP contribution is 2.34. The first-order valence-corrected chi connectivity index (χ1v) is 17.4. The Hall–Kier alpha value is -5.23. The maximum absolute atomic E-state index is 15.2. The predicted octanol–water partition coefficient (Wildman–Crippen LogP) is 8.97. The van der Waals surface area contributed by atoms with Gasteiger partial charge in [-0.05, 0) is 58.9 Å². The van der Waals surface area contributed by atoms with E-state index in [4.69, 9.17) is 0 Å². The lowest BCUT2D eigenvalue weighted by Crippen LogP contribution is -2.55. The van der Waals surface area contributed by atoms with Crippen LogP contribution in [0.3, 0.4) is 0 Å². The van der Waals surface area contributed by atoms with E-state index in [1.54, 1.807) is 24.3 Å². The summed E-state index contributed by atoms with van der Waals surface area (Å²) in [6.07, 6.45) is -1.22. The Bertz CT molecular complexity index is 2100. The highest BCUT2D eigenvalue weighted by molar-refractivity contribution is 7.14. The topological polar surface area (TPSA) is 100 Å². The maximum Gasteiger partial charge on any atom is 0.416 e. The Morgan fingerprint density at radius 1 is 0.846 bits per heavy atom. The van der Waals surface area contributed by atoms with E-state index in [2.05, 4.69) is 30.7 Å². The van der Waals surface area contributed by atoms with Crippen molar-refractivity contribution in [3.05, 3.63) is 118 Å². The molecule has 7 nitrogen and oxygen atoms in total. The summed E-state index contributed by atoms with van der Waals surface area (Å²) in [7, 11) is 0. The molecule has 0 aliphatic carbocycles. The van der Waals surface area contributed by atoms with Crippen LogP contribution in [-0.4, -0.2) is 50.7 Å². The van der Waals surface area contributed by atoms with Gasteiger partial charge in [-0.1, -0.05) is 69.3 Å². The van der Waals surface area contributed by atoms with Crippen LogP contribution in [0.4, 0.5) is 17.6 Å². The number of benzene rings is 3. The smallest absolute Gasteiger partial charge is 0.416 e. The van der Waals surface area contributed by atoms with Crippen LogP contribution in [-0.2, 0) is 27.6 Å². The average Bonchev–Trinajstić information content (AvgIpc) is 3.59. The predicted molar refractivity (Wildman–Crippen MR) is 190 cm³/mol. The molecular weight excluding hydrogens is 695 g/mol. The maximum atomic E-state index is 15.2. The van der Waals surface area contributed by atoms with Gasteiger partial charge in [0.2, 0.25) is 5.91 Å². The summed E-state index contributed by atoms with van der Waals surface area (Å²) >= 11 is 1.42. The number of carboxylic acid groups (broad SMARTS) is 1. The van der Waals surface area contributed by atoms with Crippen LogP contribution in [0.1, 0.15) is 52.9 Å². The number of hydrogen-bond donors (Lipinski definition) is 1. The van der Waals surface area contributed by atoms with Crippen LogP contribution < -0.4 is 0 Å². The number of halogens is 4. The van der Waals surface area contributed by atoms with E-state index in [0.717, 1.165) is 22.6 Å². The van der Waals surface area contributed by atoms with Crippen molar-refractivity contribution in [1.29, 1.82) is 0 Å². The number of nitrogens with zero attached hydrogens (tertiary/aromatic N) is 3. The minimum Gasteiger partial charge on any atom is -0.481 e. The Labute approximate surface area is 302 Å². The molecule has 2 aromatic heterocycles. The third kappa shape index (κ3) is 8.12. The zero-order valence-corrected chi connectivity index (χ0v) is 29.4. The number of aromatic nitrogens is 2. The van der Waals surface area contributed by atoms with Crippen molar-refractivity contribution in [3.63, 3.8) is 0 Å².